The highest BCUT2D eigenvalue weighted by Gasteiger charge is 2.35. The van der Waals surface area contributed by atoms with Gasteiger partial charge in [-0.2, -0.15) is 0 Å². The van der Waals surface area contributed by atoms with E-state index in [0.29, 0.717) is 23.2 Å². The van der Waals surface area contributed by atoms with Crippen LogP contribution in [0.2, 0.25) is 0 Å². The predicted molar refractivity (Wildman–Crippen MR) is 135 cm³/mol. The molecule has 1 aromatic rings. The maximum absolute atomic E-state index is 14.4. The van der Waals surface area contributed by atoms with Gasteiger partial charge in [0.25, 0.3) is 0 Å². The van der Waals surface area contributed by atoms with Crippen molar-refractivity contribution in [2.75, 3.05) is 40.3 Å². The lowest BCUT2D eigenvalue weighted by atomic mass is 9.83. The first-order valence-electron chi connectivity index (χ1n) is 11.9. The number of aliphatic imine (C=N–C) groups is 2. The largest absolute Gasteiger partial charge is 0.342 e. The molecule has 32 heavy (non-hydrogen) atoms. The molecule has 2 atom stereocenters. The zero-order valence-electron chi connectivity index (χ0n) is 21.1. The van der Waals surface area contributed by atoms with Crippen molar-refractivity contribution in [3.05, 3.63) is 47.3 Å². The fourth-order valence-electron chi connectivity index (χ4n) is 4.33. The Morgan fingerprint density at radius 3 is 2.56 bits per heavy atom. The van der Waals surface area contributed by atoms with Crippen LogP contribution in [0.1, 0.15) is 57.7 Å². The highest BCUT2D eigenvalue weighted by atomic mass is 19.1. The highest BCUT2D eigenvalue weighted by Crippen LogP contribution is 2.27. The van der Waals surface area contributed by atoms with Gasteiger partial charge in [0.1, 0.15) is 11.7 Å². The summed E-state index contributed by atoms with van der Waals surface area (Å²) in [6, 6.07) is 4.95. The van der Waals surface area contributed by atoms with Crippen LogP contribution in [0.25, 0.3) is 0 Å². The quantitative estimate of drug-likeness (QED) is 0.429. The molecule has 0 aromatic heterocycles. The van der Waals surface area contributed by atoms with Crippen molar-refractivity contribution >= 4 is 11.8 Å². The fraction of sp³-hybridized carbons (Fsp3) is 0.615. The van der Waals surface area contributed by atoms with E-state index in [2.05, 4.69) is 47.6 Å². The van der Waals surface area contributed by atoms with Crippen LogP contribution in [0.5, 0.6) is 0 Å². The second-order valence-electron chi connectivity index (χ2n) is 9.23. The van der Waals surface area contributed by atoms with Crippen molar-refractivity contribution in [2.24, 2.45) is 21.8 Å². The summed E-state index contributed by atoms with van der Waals surface area (Å²) in [5.41, 5.74) is 2.28. The van der Waals surface area contributed by atoms with Gasteiger partial charge in [0, 0.05) is 32.2 Å². The number of nitrogens with one attached hydrogen (secondary N) is 1. The SMILES string of the molecule is C=C(C)C(=NC(C)c1ccc(C)cc1F)NC(=NC)N1CC([C@@H](CC)CN(C)CCC)C1. The summed E-state index contributed by atoms with van der Waals surface area (Å²) >= 11 is 0. The lowest BCUT2D eigenvalue weighted by Crippen LogP contribution is -2.58. The maximum Gasteiger partial charge on any atom is 0.199 e. The molecule has 0 amide bonds. The van der Waals surface area contributed by atoms with Crippen LogP contribution in [0.3, 0.4) is 0 Å². The van der Waals surface area contributed by atoms with Crippen molar-refractivity contribution in [2.45, 2.75) is 53.5 Å². The van der Waals surface area contributed by atoms with Crippen LogP contribution in [0, 0.1) is 24.6 Å². The van der Waals surface area contributed by atoms with Crippen molar-refractivity contribution in [1.82, 2.24) is 15.1 Å². The van der Waals surface area contributed by atoms with Gasteiger partial charge in [0.2, 0.25) is 0 Å². The number of benzene rings is 1. The third-order valence-corrected chi connectivity index (χ3v) is 6.33. The Hall–Kier alpha value is -2.21. The fourth-order valence-corrected chi connectivity index (χ4v) is 4.33. The molecule has 0 bridgehead atoms. The minimum absolute atomic E-state index is 0.226. The number of guanidine groups is 1. The van der Waals surface area contributed by atoms with Gasteiger partial charge >= 0.3 is 0 Å². The Morgan fingerprint density at radius 1 is 1.34 bits per heavy atom. The molecule has 6 heteroatoms. The molecule has 1 N–H and O–H groups in total. The second kappa shape index (κ2) is 12.1. The van der Waals surface area contributed by atoms with Gasteiger partial charge in [-0.15, -0.1) is 0 Å². The minimum Gasteiger partial charge on any atom is -0.342 e. The number of nitrogens with zero attached hydrogens (tertiary/aromatic N) is 4. The second-order valence-corrected chi connectivity index (χ2v) is 9.23. The van der Waals surface area contributed by atoms with E-state index in [-0.39, 0.29) is 11.9 Å². The summed E-state index contributed by atoms with van der Waals surface area (Å²) < 4.78 is 14.4. The standard InChI is InChI=1S/C26H42FN5/c1-9-13-31(8)15-21(10-2)22-16-32(17-22)26(28-7)30-25(18(3)4)29-20(6)23-12-11-19(5)14-24(23)27/h11-12,14,20-22H,3,9-10,13,15-17H2,1-2,4-8H3,(H,28,29,30)/t20?,21-/m0/s1. The zero-order chi connectivity index (χ0) is 23.8. The summed E-state index contributed by atoms with van der Waals surface area (Å²) in [6.45, 7) is 18.6. The van der Waals surface area contributed by atoms with Crippen LogP contribution < -0.4 is 5.32 Å². The first-order valence-corrected chi connectivity index (χ1v) is 11.9. The van der Waals surface area contributed by atoms with Gasteiger partial charge in [-0.1, -0.05) is 39.0 Å². The zero-order valence-corrected chi connectivity index (χ0v) is 21.1. The smallest absolute Gasteiger partial charge is 0.199 e. The Kier molecular flexibility index (Phi) is 9.88. The summed E-state index contributed by atoms with van der Waals surface area (Å²) in [4.78, 5) is 13.9. The summed E-state index contributed by atoms with van der Waals surface area (Å²) in [6.07, 6.45) is 2.38. The molecular formula is C26H42FN5. The van der Waals surface area contributed by atoms with Crippen LogP contribution >= 0.6 is 0 Å². The first-order chi connectivity index (χ1) is 15.2. The molecule has 0 aliphatic carbocycles. The van der Waals surface area contributed by atoms with E-state index < -0.39 is 0 Å². The molecule has 0 spiro atoms. The van der Waals surface area contributed by atoms with Gasteiger partial charge in [-0.05, 0) is 69.8 Å². The van der Waals surface area contributed by atoms with Gasteiger partial charge < -0.3 is 15.1 Å². The van der Waals surface area contributed by atoms with E-state index >= 15 is 0 Å². The van der Waals surface area contributed by atoms with Crippen molar-refractivity contribution in [3.63, 3.8) is 0 Å². The molecular weight excluding hydrogens is 401 g/mol. The summed E-state index contributed by atoms with van der Waals surface area (Å²) in [5.74, 6) is 2.59. The molecule has 1 unspecified atom stereocenters. The number of halogens is 1. The van der Waals surface area contributed by atoms with Gasteiger partial charge in [0.05, 0.1) is 6.04 Å². The minimum atomic E-state index is -0.324. The molecule has 178 valence electrons. The van der Waals surface area contributed by atoms with E-state index in [1.807, 2.05) is 32.9 Å². The highest BCUT2D eigenvalue weighted by molar-refractivity contribution is 6.08. The number of aryl methyl sites for hydroxylation is 1. The Labute approximate surface area is 194 Å². The third-order valence-electron chi connectivity index (χ3n) is 6.33. The van der Waals surface area contributed by atoms with Crippen molar-refractivity contribution in [1.29, 1.82) is 0 Å². The van der Waals surface area contributed by atoms with Crippen LogP contribution in [0.4, 0.5) is 4.39 Å². The monoisotopic (exact) mass is 443 g/mol. The number of rotatable bonds is 9. The topological polar surface area (TPSA) is 43.2 Å². The Balaban J connectivity index is 2.04. The number of amidine groups is 1. The van der Waals surface area contributed by atoms with E-state index in [4.69, 9.17) is 4.99 Å². The van der Waals surface area contributed by atoms with Crippen LogP contribution in [0.15, 0.2) is 40.3 Å². The first kappa shape index (κ1) is 26.0. The molecule has 2 rings (SSSR count). The van der Waals surface area contributed by atoms with E-state index in [1.54, 1.807) is 13.1 Å². The number of hydrogen-bond donors (Lipinski definition) is 1. The molecule has 1 aliphatic heterocycles. The molecule has 1 aromatic carbocycles. The van der Waals surface area contributed by atoms with Crippen LogP contribution in [-0.2, 0) is 0 Å². The normalized spacial score (nSPS) is 17.3. The molecule has 0 radical (unpaired) electrons. The van der Waals surface area contributed by atoms with Gasteiger partial charge in [-0.25, -0.2) is 4.39 Å². The summed E-state index contributed by atoms with van der Waals surface area (Å²) in [5, 5.41) is 3.37. The number of likely N-dealkylation sites (tertiary alicyclic amines) is 1. The van der Waals surface area contributed by atoms with Crippen molar-refractivity contribution in [3.8, 4) is 0 Å². The van der Waals surface area contributed by atoms with Crippen molar-refractivity contribution < 1.29 is 4.39 Å². The lowest BCUT2D eigenvalue weighted by molar-refractivity contribution is 0.0943. The average Bonchev–Trinajstić information content (AvgIpc) is 2.70. The van der Waals surface area contributed by atoms with Crippen LogP contribution in [-0.4, -0.2) is 61.9 Å². The van der Waals surface area contributed by atoms with E-state index in [1.165, 1.54) is 12.8 Å². The van der Waals surface area contributed by atoms with E-state index in [9.17, 15) is 4.39 Å². The molecule has 1 saturated heterocycles. The molecule has 0 saturated carbocycles. The lowest BCUT2D eigenvalue weighted by Gasteiger charge is -2.45. The molecule has 1 fully saturated rings. The average molecular weight is 444 g/mol. The predicted octanol–water partition coefficient (Wildman–Crippen LogP) is 5.04. The summed E-state index contributed by atoms with van der Waals surface area (Å²) in [7, 11) is 4.01. The Bertz CT molecular complexity index is 826. The molecule has 1 aliphatic rings. The Morgan fingerprint density at radius 2 is 2.03 bits per heavy atom. The van der Waals surface area contributed by atoms with Gasteiger partial charge in [0.15, 0.2) is 5.96 Å². The molecule has 1 heterocycles. The maximum atomic E-state index is 14.4. The molecule has 5 nitrogen and oxygen atoms in total. The number of hydrogen-bond acceptors (Lipinski definition) is 3. The van der Waals surface area contributed by atoms with Gasteiger partial charge in [-0.3, -0.25) is 9.98 Å². The third kappa shape index (κ3) is 6.89. The van der Waals surface area contributed by atoms with E-state index in [0.717, 1.165) is 43.3 Å².